The molecule has 2 bridgehead atoms. The molecule has 5 rings (SSSR count). The molecule has 34 heavy (non-hydrogen) atoms. The van der Waals surface area contributed by atoms with Crippen molar-refractivity contribution in [1.29, 1.82) is 0 Å². The number of rotatable bonds is 3. The Kier molecular flexibility index (Phi) is 8.77. The summed E-state index contributed by atoms with van der Waals surface area (Å²) in [5.41, 5.74) is 3.03. The van der Waals surface area contributed by atoms with Crippen LogP contribution in [-0.2, 0) is 10.1 Å². The molecule has 0 saturated carbocycles. The van der Waals surface area contributed by atoms with Crippen LogP contribution in [0.4, 0.5) is 5.82 Å². The van der Waals surface area contributed by atoms with Gasteiger partial charge in [-0.05, 0) is 56.5 Å². The molecule has 8 heteroatoms. The minimum atomic E-state index is -4.02. The van der Waals surface area contributed by atoms with Crippen LogP contribution in [-0.4, -0.2) is 60.8 Å². The molecule has 0 aliphatic carbocycles. The smallest absolute Gasteiger partial charge is 0.294 e. The highest BCUT2D eigenvalue weighted by molar-refractivity contribution is 7.85. The highest BCUT2D eigenvalue weighted by Crippen LogP contribution is 2.24. The first-order valence-corrected chi connectivity index (χ1v) is 12.7. The molecule has 2 aliphatic rings. The summed E-state index contributed by atoms with van der Waals surface area (Å²) < 4.78 is 29.6. The van der Waals surface area contributed by atoms with Crippen LogP contribution in [0.5, 0.6) is 0 Å². The second-order valence-corrected chi connectivity index (χ2v) is 10.1. The lowest BCUT2D eigenvalue weighted by atomic mass is 9.98. The molecule has 0 amide bonds. The maximum absolute atomic E-state index is 10.5. The van der Waals surface area contributed by atoms with E-state index in [2.05, 4.69) is 44.3 Å². The van der Waals surface area contributed by atoms with E-state index < -0.39 is 10.1 Å². The van der Waals surface area contributed by atoms with Gasteiger partial charge < -0.3 is 9.80 Å². The van der Waals surface area contributed by atoms with Crippen LogP contribution in [0.15, 0.2) is 71.6 Å². The molecular weight excluding hydrogens is 448 g/mol. The summed E-state index contributed by atoms with van der Waals surface area (Å²) >= 11 is 0. The summed E-state index contributed by atoms with van der Waals surface area (Å²) in [7, 11) is -4.02. The van der Waals surface area contributed by atoms with Gasteiger partial charge in [-0.2, -0.15) is 8.42 Å². The third-order valence-corrected chi connectivity index (χ3v) is 7.00. The molecule has 1 aromatic heterocycles. The first-order chi connectivity index (χ1) is 15.9. The number of aryl methyl sites for hydroxylation is 1. The van der Waals surface area contributed by atoms with Gasteiger partial charge in [-0.15, -0.1) is 10.2 Å². The second-order valence-electron chi connectivity index (χ2n) is 8.69. The van der Waals surface area contributed by atoms with Gasteiger partial charge in [0.15, 0.2) is 5.82 Å². The molecule has 3 aromatic rings. The van der Waals surface area contributed by atoms with Gasteiger partial charge in [0.1, 0.15) is 0 Å². The number of hydrogen-bond donors (Lipinski definition) is 1. The standard InChI is InChI=1S/C18H22N4.C7H8O3S.CH4/c1-2-6-16(7-3-1)17-8-9-18(20-19-17)22-12-11-21-10-4-5-15(13-21)14-22;1-6-2-4-7(5-3-6)11(8,9)10;/h1-3,6-9,15H,4-5,10-14H2;2-5H,1H3,(H,8,9,10);1H4. The summed E-state index contributed by atoms with van der Waals surface area (Å²) in [4.78, 5) is 4.95. The minimum absolute atomic E-state index is 0. The lowest BCUT2D eigenvalue weighted by molar-refractivity contribution is 0.201. The van der Waals surface area contributed by atoms with Crippen molar-refractivity contribution in [2.45, 2.75) is 32.1 Å². The van der Waals surface area contributed by atoms with Crippen LogP contribution in [0.3, 0.4) is 0 Å². The lowest BCUT2D eigenvalue weighted by Gasteiger charge is -2.29. The predicted octanol–water partition coefficient (Wildman–Crippen LogP) is 4.55. The van der Waals surface area contributed by atoms with E-state index in [1.54, 1.807) is 12.1 Å². The van der Waals surface area contributed by atoms with Crippen molar-refractivity contribution in [3.8, 4) is 11.3 Å². The Morgan fingerprint density at radius 2 is 1.62 bits per heavy atom. The zero-order valence-corrected chi connectivity index (χ0v) is 19.7. The molecule has 0 radical (unpaired) electrons. The fourth-order valence-corrected chi connectivity index (χ4v) is 4.82. The molecule has 2 fully saturated rings. The van der Waals surface area contributed by atoms with Crippen LogP contribution < -0.4 is 4.90 Å². The summed E-state index contributed by atoms with van der Waals surface area (Å²) in [6.45, 7) is 7.70. The average molecular weight is 483 g/mol. The fraction of sp³-hybridized carbons (Fsp3) is 0.385. The van der Waals surface area contributed by atoms with Crippen LogP contribution in [0.25, 0.3) is 11.3 Å². The summed E-state index contributed by atoms with van der Waals surface area (Å²) in [6.07, 6.45) is 2.69. The maximum atomic E-state index is 10.5. The average Bonchev–Trinajstić information content (AvgIpc) is 2.97. The van der Waals surface area contributed by atoms with Crippen LogP contribution in [0, 0.1) is 12.8 Å². The van der Waals surface area contributed by atoms with Crippen molar-refractivity contribution in [2.75, 3.05) is 37.6 Å². The molecule has 3 heterocycles. The van der Waals surface area contributed by atoms with Gasteiger partial charge in [-0.1, -0.05) is 55.5 Å². The largest absolute Gasteiger partial charge is 0.354 e. The first kappa shape index (κ1) is 25.8. The third kappa shape index (κ3) is 6.85. The number of fused-ring (bicyclic) bond motifs is 2. The van der Waals surface area contributed by atoms with Gasteiger partial charge in [0.05, 0.1) is 10.6 Å². The second kappa shape index (κ2) is 11.6. The Labute approximate surface area is 203 Å². The van der Waals surface area contributed by atoms with E-state index in [0.29, 0.717) is 0 Å². The van der Waals surface area contributed by atoms with E-state index in [4.69, 9.17) is 4.55 Å². The van der Waals surface area contributed by atoms with Gasteiger partial charge in [0.25, 0.3) is 10.1 Å². The molecule has 2 unspecified atom stereocenters. The Morgan fingerprint density at radius 3 is 2.26 bits per heavy atom. The Morgan fingerprint density at radius 1 is 0.882 bits per heavy atom. The van der Waals surface area contributed by atoms with Crippen molar-refractivity contribution < 1.29 is 13.0 Å². The third-order valence-electron chi connectivity index (χ3n) is 6.13. The monoisotopic (exact) mass is 482 g/mol. The summed E-state index contributed by atoms with van der Waals surface area (Å²) in [6, 6.07) is 20.5. The molecule has 2 atom stereocenters. The number of hydrogen-bond acceptors (Lipinski definition) is 6. The molecule has 1 N–H and O–H groups in total. The molecular formula is C26H34N4O3S. The summed E-state index contributed by atoms with van der Waals surface area (Å²) in [5, 5.41) is 8.93. The van der Waals surface area contributed by atoms with Crippen molar-refractivity contribution >= 4 is 15.9 Å². The maximum Gasteiger partial charge on any atom is 0.294 e. The number of piperidine rings is 1. The van der Waals surface area contributed by atoms with Crippen molar-refractivity contribution in [3.05, 3.63) is 72.3 Å². The highest BCUT2D eigenvalue weighted by atomic mass is 32.2. The predicted molar refractivity (Wildman–Crippen MR) is 137 cm³/mol. The normalized spacial score (nSPS) is 19.8. The van der Waals surface area contributed by atoms with Crippen LogP contribution in [0.1, 0.15) is 25.8 Å². The first-order valence-electron chi connectivity index (χ1n) is 11.3. The van der Waals surface area contributed by atoms with E-state index in [-0.39, 0.29) is 12.3 Å². The van der Waals surface area contributed by atoms with E-state index in [0.717, 1.165) is 48.2 Å². The van der Waals surface area contributed by atoms with E-state index in [9.17, 15) is 8.42 Å². The van der Waals surface area contributed by atoms with E-state index in [1.807, 2.05) is 25.1 Å². The van der Waals surface area contributed by atoms with Crippen LogP contribution >= 0.6 is 0 Å². The Hall–Kier alpha value is -2.81. The van der Waals surface area contributed by atoms with Gasteiger partial charge in [-0.25, -0.2) is 0 Å². The number of anilines is 1. The molecule has 2 aromatic carbocycles. The van der Waals surface area contributed by atoms with Crippen molar-refractivity contribution in [1.82, 2.24) is 15.1 Å². The van der Waals surface area contributed by atoms with Gasteiger partial charge in [-0.3, -0.25) is 4.55 Å². The van der Waals surface area contributed by atoms with E-state index >= 15 is 0 Å². The van der Waals surface area contributed by atoms with Gasteiger partial charge >= 0.3 is 0 Å². The Bertz CT molecular complexity index is 1140. The number of aromatic nitrogens is 2. The molecule has 2 saturated heterocycles. The topological polar surface area (TPSA) is 86.6 Å². The van der Waals surface area contributed by atoms with E-state index in [1.165, 1.54) is 38.1 Å². The zero-order chi connectivity index (χ0) is 23.3. The van der Waals surface area contributed by atoms with Gasteiger partial charge in [0, 0.05) is 31.7 Å². The molecule has 2 aliphatic heterocycles. The fourth-order valence-electron chi connectivity index (χ4n) is 4.34. The molecule has 0 spiro atoms. The van der Waals surface area contributed by atoms with Crippen molar-refractivity contribution in [2.24, 2.45) is 5.92 Å². The molecule has 7 nitrogen and oxygen atoms in total. The van der Waals surface area contributed by atoms with Crippen LogP contribution in [0.2, 0.25) is 0 Å². The SMILES string of the molecule is C.Cc1ccc(S(=O)(=O)O)cc1.c1ccc(-c2ccc(N3CCN4CCCC(C4)C3)nn2)cc1. The Balaban J connectivity index is 0.000000231. The number of benzene rings is 2. The highest BCUT2D eigenvalue weighted by Gasteiger charge is 2.26. The zero-order valence-electron chi connectivity index (χ0n) is 18.8. The minimum Gasteiger partial charge on any atom is -0.354 e. The summed E-state index contributed by atoms with van der Waals surface area (Å²) in [5.74, 6) is 1.81. The lowest BCUT2D eigenvalue weighted by Crippen LogP contribution is -2.35. The molecule has 182 valence electrons. The quantitative estimate of drug-likeness (QED) is 0.548. The number of nitrogens with zero attached hydrogens (tertiary/aromatic N) is 4. The van der Waals surface area contributed by atoms with Crippen molar-refractivity contribution in [3.63, 3.8) is 0 Å². The van der Waals surface area contributed by atoms with Gasteiger partial charge in [0.2, 0.25) is 0 Å².